The Hall–Kier alpha value is -1.96. The van der Waals surface area contributed by atoms with Crippen LogP contribution in [0.5, 0.6) is 5.75 Å². The molecule has 0 spiro atoms. The Morgan fingerprint density at radius 3 is 2.62 bits per heavy atom. The van der Waals surface area contributed by atoms with Crippen molar-refractivity contribution in [3.05, 3.63) is 24.3 Å². The van der Waals surface area contributed by atoms with E-state index in [0.717, 1.165) is 0 Å². The number of anilines is 1. The van der Waals surface area contributed by atoms with E-state index in [2.05, 4.69) is 10.1 Å². The standard InChI is InChI=1S/C13H17F3N2O3/c14-13(15,16)9-20-8-6-18-12(19)5-7-21-11-4-2-1-3-10(11)17/h1-4H,5-9,17H2,(H,18,19). The van der Waals surface area contributed by atoms with Gasteiger partial charge in [-0.05, 0) is 12.1 Å². The maximum atomic E-state index is 11.8. The molecular weight excluding hydrogens is 289 g/mol. The Kier molecular flexibility index (Phi) is 6.80. The van der Waals surface area contributed by atoms with E-state index in [-0.39, 0.29) is 32.1 Å². The molecule has 1 amide bonds. The summed E-state index contributed by atoms with van der Waals surface area (Å²) >= 11 is 0. The number of benzene rings is 1. The number of nitrogen functional groups attached to an aromatic ring is 1. The van der Waals surface area contributed by atoms with Gasteiger partial charge in [0.15, 0.2) is 0 Å². The first-order valence-corrected chi connectivity index (χ1v) is 6.27. The third kappa shape index (κ3) is 8.03. The highest BCUT2D eigenvalue weighted by molar-refractivity contribution is 5.76. The monoisotopic (exact) mass is 306 g/mol. The van der Waals surface area contributed by atoms with E-state index in [9.17, 15) is 18.0 Å². The highest BCUT2D eigenvalue weighted by Crippen LogP contribution is 2.19. The van der Waals surface area contributed by atoms with Crippen LogP contribution in [0.4, 0.5) is 18.9 Å². The molecule has 0 saturated heterocycles. The van der Waals surface area contributed by atoms with Crippen LogP contribution in [-0.2, 0) is 9.53 Å². The van der Waals surface area contributed by atoms with Crippen LogP contribution in [0.15, 0.2) is 24.3 Å². The molecule has 0 saturated carbocycles. The number of carbonyl (C=O) groups excluding carboxylic acids is 1. The molecule has 5 nitrogen and oxygen atoms in total. The number of rotatable bonds is 8. The fourth-order valence-electron chi connectivity index (χ4n) is 1.40. The third-order valence-electron chi connectivity index (χ3n) is 2.34. The highest BCUT2D eigenvalue weighted by Gasteiger charge is 2.27. The summed E-state index contributed by atoms with van der Waals surface area (Å²) in [5, 5.41) is 2.43. The second-order valence-corrected chi connectivity index (χ2v) is 4.15. The van der Waals surface area contributed by atoms with Gasteiger partial charge in [-0.3, -0.25) is 4.79 Å². The molecule has 0 bridgehead atoms. The summed E-state index contributed by atoms with van der Waals surface area (Å²) in [6.45, 7) is -1.37. The summed E-state index contributed by atoms with van der Waals surface area (Å²) in [6.07, 6.45) is -4.28. The predicted molar refractivity (Wildman–Crippen MR) is 70.9 cm³/mol. The van der Waals surface area contributed by atoms with Crippen molar-refractivity contribution >= 4 is 11.6 Å². The van der Waals surface area contributed by atoms with Gasteiger partial charge in [-0.15, -0.1) is 0 Å². The smallest absolute Gasteiger partial charge is 0.411 e. The minimum absolute atomic E-state index is 0.0163. The van der Waals surface area contributed by atoms with E-state index in [1.165, 1.54) is 0 Å². The van der Waals surface area contributed by atoms with Crippen LogP contribution in [0.1, 0.15) is 6.42 Å². The van der Waals surface area contributed by atoms with Gasteiger partial charge in [-0.2, -0.15) is 13.2 Å². The Bertz CT molecular complexity index is 453. The van der Waals surface area contributed by atoms with Crippen molar-refractivity contribution in [2.45, 2.75) is 12.6 Å². The second kappa shape index (κ2) is 8.35. The van der Waals surface area contributed by atoms with Gasteiger partial charge in [-0.1, -0.05) is 12.1 Å². The molecule has 8 heteroatoms. The lowest BCUT2D eigenvalue weighted by atomic mass is 10.3. The zero-order valence-electron chi connectivity index (χ0n) is 11.3. The molecule has 1 aromatic carbocycles. The Balaban J connectivity index is 2.08. The zero-order chi connectivity index (χ0) is 15.7. The molecule has 0 unspecified atom stereocenters. The predicted octanol–water partition coefficient (Wildman–Crippen LogP) is 1.73. The van der Waals surface area contributed by atoms with Crippen molar-refractivity contribution in [1.82, 2.24) is 5.32 Å². The maximum Gasteiger partial charge on any atom is 0.411 e. The van der Waals surface area contributed by atoms with E-state index in [4.69, 9.17) is 10.5 Å². The molecule has 0 aliphatic heterocycles. The third-order valence-corrected chi connectivity index (χ3v) is 2.34. The van der Waals surface area contributed by atoms with Crippen molar-refractivity contribution < 1.29 is 27.4 Å². The summed E-state index contributed by atoms with van der Waals surface area (Å²) in [5.74, 6) is 0.152. The first-order valence-electron chi connectivity index (χ1n) is 6.27. The number of halogens is 3. The number of ether oxygens (including phenoxy) is 2. The minimum atomic E-state index is -4.35. The number of hydrogen-bond acceptors (Lipinski definition) is 4. The fraction of sp³-hybridized carbons (Fsp3) is 0.462. The van der Waals surface area contributed by atoms with Crippen LogP contribution >= 0.6 is 0 Å². The number of nitrogens with two attached hydrogens (primary N) is 1. The summed E-state index contributed by atoms with van der Waals surface area (Å²) in [5.41, 5.74) is 6.12. The van der Waals surface area contributed by atoms with Crippen LogP contribution in [0.2, 0.25) is 0 Å². The Morgan fingerprint density at radius 1 is 1.24 bits per heavy atom. The van der Waals surface area contributed by atoms with E-state index >= 15 is 0 Å². The van der Waals surface area contributed by atoms with Crippen LogP contribution in [0, 0.1) is 0 Å². The number of alkyl halides is 3. The molecule has 1 aromatic rings. The van der Waals surface area contributed by atoms with Gasteiger partial charge in [0.05, 0.1) is 25.3 Å². The van der Waals surface area contributed by atoms with E-state index < -0.39 is 12.8 Å². The number of nitrogens with one attached hydrogen (secondary N) is 1. The molecule has 3 N–H and O–H groups in total. The average Bonchev–Trinajstić information content (AvgIpc) is 2.39. The molecule has 0 aliphatic carbocycles. The van der Waals surface area contributed by atoms with Crippen LogP contribution in [0.25, 0.3) is 0 Å². The van der Waals surface area contributed by atoms with E-state index in [1.807, 2.05) is 0 Å². The van der Waals surface area contributed by atoms with Crippen molar-refractivity contribution in [3.8, 4) is 5.75 Å². The van der Waals surface area contributed by atoms with Gasteiger partial charge in [0, 0.05) is 6.54 Å². The van der Waals surface area contributed by atoms with Gasteiger partial charge in [0.1, 0.15) is 12.4 Å². The molecular formula is C13H17F3N2O3. The normalized spacial score (nSPS) is 11.2. The quantitative estimate of drug-likeness (QED) is 0.567. The molecule has 21 heavy (non-hydrogen) atoms. The molecule has 1 rings (SSSR count). The average molecular weight is 306 g/mol. The number of para-hydroxylation sites is 2. The fourth-order valence-corrected chi connectivity index (χ4v) is 1.40. The maximum absolute atomic E-state index is 11.8. The summed E-state index contributed by atoms with van der Waals surface area (Å²) in [6, 6.07) is 6.87. The van der Waals surface area contributed by atoms with Crippen LogP contribution in [0.3, 0.4) is 0 Å². The van der Waals surface area contributed by atoms with Crippen molar-refractivity contribution in [2.75, 3.05) is 32.1 Å². The lowest BCUT2D eigenvalue weighted by Gasteiger charge is -2.10. The summed E-state index contributed by atoms with van der Waals surface area (Å²) in [4.78, 5) is 11.4. The topological polar surface area (TPSA) is 73.6 Å². The first kappa shape index (κ1) is 17.1. The minimum Gasteiger partial charge on any atom is -0.491 e. The molecule has 0 radical (unpaired) electrons. The van der Waals surface area contributed by atoms with Gasteiger partial charge in [0.2, 0.25) is 5.91 Å². The molecule has 0 aliphatic rings. The van der Waals surface area contributed by atoms with Crippen molar-refractivity contribution in [3.63, 3.8) is 0 Å². The van der Waals surface area contributed by atoms with Gasteiger partial charge < -0.3 is 20.5 Å². The van der Waals surface area contributed by atoms with E-state index in [1.54, 1.807) is 24.3 Å². The van der Waals surface area contributed by atoms with Gasteiger partial charge in [-0.25, -0.2) is 0 Å². The molecule has 118 valence electrons. The molecule has 0 aromatic heterocycles. The number of amides is 1. The van der Waals surface area contributed by atoms with Gasteiger partial charge in [0.25, 0.3) is 0 Å². The first-order chi connectivity index (χ1) is 9.88. The van der Waals surface area contributed by atoms with Crippen molar-refractivity contribution in [2.24, 2.45) is 0 Å². The van der Waals surface area contributed by atoms with Crippen molar-refractivity contribution in [1.29, 1.82) is 0 Å². The second-order valence-electron chi connectivity index (χ2n) is 4.15. The summed E-state index contributed by atoms with van der Waals surface area (Å²) < 4.78 is 45.0. The summed E-state index contributed by atoms with van der Waals surface area (Å²) in [7, 11) is 0. The Morgan fingerprint density at radius 2 is 1.95 bits per heavy atom. The van der Waals surface area contributed by atoms with Crippen LogP contribution in [-0.4, -0.2) is 38.4 Å². The van der Waals surface area contributed by atoms with Gasteiger partial charge >= 0.3 is 6.18 Å². The number of carbonyl (C=O) groups is 1. The highest BCUT2D eigenvalue weighted by atomic mass is 19.4. The number of hydrogen-bond donors (Lipinski definition) is 2. The lowest BCUT2D eigenvalue weighted by molar-refractivity contribution is -0.173. The zero-order valence-corrected chi connectivity index (χ0v) is 11.3. The largest absolute Gasteiger partial charge is 0.491 e. The van der Waals surface area contributed by atoms with Crippen LogP contribution < -0.4 is 15.8 Å². The Labute approximate surface area is 120 Å². The van der Waals surface area contributed by atoms with E-state index in [0.29, 0.717) is 11.4 Å². The molecule has 0 fully saturated rings. The lowest BCUT2D eigenvalue weighted by Crippen LogP contribution is -2.29. The SMILES string of the molecule is Nc1ccccc1OCCC(=O)NCCOCC(F)(F)F. The molecule has 0 heterocycles. The molecule has 0 atom stereocenters.